The van der Waals surface area contributed by atoms with Crippen LogP contribution in [0.25, 0.3) is 0 Å². The van der Waals surface area contributed by atoms with Gasteiger partial charge < -0.3 is 14.8 Å². The molecular weight excluding hydrogens is 374 g/mol. The Hall–Kier alpha value is -2.34. The van der Waals surface area contributed by atoms with Crippen molar-refractivity contribution in [3.63, 3.8) is 0 Å². The van der Waals surface area contributed by atoms with E-state index < -0.39 is 18.0 Å². The SMILES string of the molecule is CCOc1ccc(NC(=O)[C@H](C)OC(=O)c2ccc(Br)cc2)cc1. The molecular formula is C18H18BrNO4. The lowest BCUT2D eigenvalue weighted by molar-refractivity contribution is -0.123. The summed E-state index contributed by atoms with van der Waals surface area (Å²) in [6.07, 6.45) is -0.910. The Morgan fingerprint density at radius 3 is 2.29 bits per heavy atom. The lowest BCUT2D eigenvalue weighted by Crippen LogP contribution is -2.29. The van der Waals surface area contributed by atoms with Crippen LogP contribution in [-0.2, 0) is 9.53 Å². The van der Waals surface area contributed by atoms with Crippen LogP contribution in [0.3, 0.4) is 0 Å². The molecule has 0 aromatic heterocycles. The minimum Gasteiger partial charge on any atom is -0.494 e. The molecule has 1 atom stereocenters. The highest BCUT2D eigenvalue weighted by Crippen LogP contribution is 2.16. The van der Waals surface area contributed by atoms with E-state index in [4.69, 9.17) is 9.47 Å². The summed E-state index contributed by atoms with van der Waals surface area (Å²) >= 11 is 3.30. The molecule has 24 heavy (non-hydrogen) atoms. The number of anilines is 1. The molecule has 2 rings (SSSR count). The lowest BCUT2D eigenvalue weighted by Gasteiger charge is -2.14. The molecule has 1 N–H and O–H groups in total. The van der Waals surface area contributed by atoms with Crippen LogP contribution in [0.5, 0.6) is 5.75 Å². The number of amides is 1. The molecule has 2 aromatic rings. The number of benzene rings is 2. The van der Waals surface area contributed by atoms with Crippen molar-refractivity contribution >= 4 is 33.5 Å². The van der Waals surface area contributed by atoms with Crippen molar-refractivity contribution in [2.24, 2.45) is 0 Å². The topological polar surface area (TPSA) is 64.6 Å². The first-order chi connectivity index (χ1) is 11.5. The third kappa shape index (κ3) is 5.09. The van der Waals surface area contributed by atoms with Crippen molar-refractivity contribution < 1.29 is 19.1 Å². The van der Waals surface area contributed by atoms with Crippen molar-refractivity contribution in [2.45, 2.75) is 20.0 Å². The fourth-order valence-corrected chi connectivity index (χ4v) is 2.18. The highest BCUT2D eigenvalue weighted by Gasteiger charge is 2.19. The van der Waals surface area contributed by atoms with E-state index >= 15 is 0 Å². The van der Waals surface area contributed by atoms with E-state index in [9.17, 15) is 9.59 Å². The molecule has 0 bridgehead atoms. The predicted molar refractivity (Wildman–Crippen MR) is 95.3 cm³/mol. The number of nitrogens with one attached hydrogen (secondary N) is 1. The van der Waals surface area contributed by atoms with Gasteiger partial charge in [-0.1, -0.05) is 15.9 Å². The number of hydrogen-bond donors (Lipinski definition) is 1. The molecule has 0 fully saturated rings. The summed E-state index contributed by atoms with van der Waals surface area (Å²) in [5, 5.41) is 2.70. The van der Waals surface area contributed by atoms with Crippen LogP contribution in [-0.4, -0.2) is 24.6 Å². The van der Waals surface area contributed by atoms with E-state index in [-0.39, 0.29) is 0 Å². The molecule has 0 aliphatic heterocycles. The maximum absolute atomic E-state index is 12.1. The maximum atomic E-state index is 12.1. The van der Waals surface area contributed by atoms with Gasteiger partial charge in [-0.3, -0.25) is 4.79 Å². The van der Waals surface area contributed by atoms with E-state index in [1.807, 2.05) is 6.92 Å². The molecule has 0 aliphatic rings. The summed E-state index contributed by atoms with van der Waals surface area (Å²) in [5.74, 6) is -0.216. The van der Waals surface area contributed by atoms with E-state index in [0.29, 0.717) is 17.9 Å². The van der Waals surface area contributed by atoms with Gasteiger partial charge in [0.15, 0.2) is 6.10 Å². The van der Waals surface area contributed by atoms with Crippen LogP contribution in [0.15, 0.2) is 53.0 Å². The molecule has 0 saturated heterocycles. The molecule has 1 amide bonds. The Kier molecular flexibility index (Phi) is 6.37. The van der Waals surface area contributed by atoms with Crippen LogP contribution < -0.4 is 10.1 Å². The molecule has 5 nitrogen and oxygen atoms in total. The highest BCUT2D eigenvalue weighted by molar-refractivity contribution is 9.10. The second-order valence-electron chi connectivity index (χ2n) is 5.00. The number of carbonyl (C=O) groups excluding carboxylic acids is 2. The van der Waals surface area contributed by atoms with E-state index in [1.165, 1.54) is 6.92 Å². The van der Waals surface area contributed by atoms with Crippen molar-refractivity contribution in [3.05, 3.63) is 58.6 Å². The standard InChI is InChI=1S/C18H18BrNO4/c1-3-23-16-10-8-15(9-11-16)20-17(21)12(2)24-18(22)13-4-6-14(19)7-5-13/h4-12H,3H2,1-2H3,(H,20,21)/t12-/m0/s1. The second-order valence-corrected chi connectivity index (χ2v) is 5.92. The lowest BCUT2D eigenvalue weighted by atomic mass is 10.2. The number of hydrogen-bond acceptors (Lipinski definition) is 4. The molecule has 0 heterocycles. The Labute approximate surface area is 149 Å². The average Bonchev–Trinajstić information content (AvgIpc) is 2.57. The summed E-state index contributed by atoms with van der Waals surface area (Å²) in [7, 11) is 0. The van der Waals surface area contributed by atoms with Crippen molar-refractivity contribution in [1.29, 1.82) is 0 Å². The number of carbonyl (C=O) groups is 2. The van der Waals surface area contributed by atoms with Crippen LogP contribution in [0.1, 0.15) is 24.2 Å². The fourth-order valence-electron chi connectivity index (χ4n) is 1.91. The van der Waals surface area contributed by atoms with Gasteiger partial charge in [0.2, 0.25) is 0 Å². The number of halogens is 1. The van der Waals surface area contributed by atoms with Gasteiger partial charge in [0.25, 0.3) is 5.91 Å². The first-order valence-corrected chi connectivity index (χ1v) is 8.29. The zero-order chi connectivity index (χ0) is 17.5. The van der Waals surface area contributed by atoms with Crippen LogP contribution in [0, 0.1) is 0 Å². The number of esters is 1. The van der Waals surface area contributed by atoms with Gasteiger partial charge in [-0.2, -0.15) is 0 Å². The first kappa shape index (κ1) is 18.0. The summed E-state index contributed by atoms with van der Waals surface area (Å²) in [6, 6.07) is 13.7. The maximum Gasteiger partial charge on any atom is 0.338 e. The van der Waals surface area contributed by atoms with Gasteiger partial charge in [0.1, 0.15) is 5.75 Å². The zero-order valence-corrected chi connectivity index (χ0v) is 15.0. The quantitative estimate of drug-likeness (QED) is 0.754. The highest BCUT2D eigenvalue weighted by atomic mass is 79.9. The van der Waals surface area contributed by atoms with Gasteiger partial charge in [0, 0.05) is 10.2 Å². The molecule has 0 unspecified atom stereocenters. The van der Waals surface area contributed by atoms with Crippen LogP contribution in [0.2, 0.25) is 0 Å². The van der Waals surface area contributed by atoms with Crippen molar-refractivity contribution in [2.75, 3.05) is 11.9 Å². The minimum absolute atomic E-state index is 0.388. The minimum atomic E-state index is -0.910. The molecule has 0 spiro atoms. The molecule has 2 aromatic carbocycles. The van der Waals surface area contributed by atoms with Crippen molar-refractivity contribution in [3.8, 4) is 5.75 Å². The monoisotopic (exact) mass is 391 g/mol. The van der Waals surface area contributed by atoms with Gasteiger partial charge >= 0.3 is 5.97 Å². The van der Waals surface area contributed by atoms with Crippen LogP contribution >= 0.6 is 15.9 Å². The molecule has 0 saturated carbocycles. The fraction of sp³-hybridized carbons (Fsp3) is 0.222. The summed E-state index contributed by atoms with van der Waals surface area (Å²) in [4.78, 5) is 24.1. The number of rotatable bonds is 6. The van der Waals surface area contributed by atoms with Gasteiger partial charge in [-0.05, 0) is 62.4 Å². The third-order valence-corrected chi connectivity index (χ3v) is 3.69. The van der Waals surface area contributed by atoms with Crippen molar-refractivity contribution in [1.82, 2.24) is 0 Å². The van der Waals surface area contributed by atoms with E-state index in [2.05, 4.69) is 21.2 Å². The Morgan fingerprint density at radius 2 is 1.71 bits per heavy atom. The Morgan fingerprint density at radius 1 is 1.08 bits per heavy atom. The molecule has 0 aliphatic carbocycles. The Bertz CT molecular complexity index is 698. The van der Waals surface area contributed by atoms with E-state index in [1.54, 1.807) is 48.5 Å². The largest absolute Gasteiger partial charge is 0.494 e. The zero-order valence-electron chi connectivity index (χ0n) is 13.4. The predicted octanol–water partition coefficient (Wildman–Crippen LogP) is 4.03. The molecule has 0 radical (unpaired) electrons. The number of ether oxygens (including phenoxy) is 2. The van der Waals surface area contributed by atoms with Gasteiger partial charge in [-0.25, -0.2) is 4.79 Å². The third-order valence-electron chi connectivity index (χ3n) is 3.17. The first-order valence-electron chi connectivity index (χ1n) is 7.50. The summed E-state index contributed by atoms with van der Waals surface area (Å²) in [6.45, 7) is 4.01. The average molecular weight is 392 g/mol. The smallest absolute Gasteiger partial charge is 0.338 e. The normalized spacial score (nSPS) is 11.5. The molecule has 6 heteroatoms. The van der Waals surface area contributed by atoms with Gasteiger partial charge in [0.05, 0.1) is 12.2 Å². The summed E-state index contributed by atoms with van der Waals surface area (Å²) < 4.78 is 11.4. The second kappa shape index (κ2) is 8.49. The van der Waals surface area contributed by atoms with Crippen LogP contribution in [0.4, 0.5) is 5.69 Å². The van der Waals surface area contributed by atoms with Gasteiger partial charge in [-0.15, -0.1) is 0 Å². The Balaban J connectivity index is 1.91. The molecule has 126 valence electrons. The van der Waals surface area contributed by atoms with E-state index in [0.717, 1.165) is 10.2 Å². The summed E-state index contributed by atoms with van der Waals surface area (Å²) in [5.41, 5.74) is 0.994.